The number of nitriles is 2. The lowest BCUT2D eigenvalue weighted by Gasteiger charge is -2.14. The van der Waals surface area contributed by atoms with Crippen molar-refractivity contribution in [1.29, 1.82) is 10.5 Å². The van der Waals surface area contributed by atoms with Gasteiger partial charge >= 0.3 is 0 Å². The van der Waals surface area contributed by atoms with E-state index < -0.39 is 0 Å². The second-order valence-corrected chi connectivity index (χ2v) is 12.5. The van der Waals surface area contributed by atoms with E-state index in [0.717, 1.165) is 27.8 Å². The first-order valence-electron chi connectivity index (χ1n) is 13.6. The van der Waals surface area contributed by atoms with Crippen LogP contribution in [0, 0.1) is 22.7 Å². The van der Waals surface area contributed by atoms with E-state index >= 15 is 0 Å². The van der Waals surface area contributed by atoms with Crippen molar-refractivity contribution in [2.45, 2.75) is 0 Å². The molecule has 42 heavy (non-hydrogen) atoms. The van der Waals surface area contributed by atoms with E-state index in [1.54, 1.807) is 40.9 Å². The Balaban J connectivity index is 1.42. The van der Waals surface area contributed by atoms with Gasteiger partial charge in [-0.25, -0.2) is 0 Å². The van der Waals surface area contributed by atoms with Crippen molar-refractivity contribution < 1.29 is 0 Å². The van der Waals surface area contributed by atoms with Gasteiger partial charge in [-0.2, -0.15) is 10.5 Å². The maximum Gasteiger partial charge on any atom is 0.0998 e. The van der Waals surface area contributed by atoms with E-state index in [1.807, 2.05) is 0 Å². The molecule has 0 bridgehead atoms. The first-order valence-corrected chi connectivity index (χ1v) is 15.3. The monoisotopic (exact) mass is 568 g/mol. The van der Waals surface area contributed by atoms with Gasteiger partial charge in [0.15, 0.2) is 0 Å². The Hall–Kier alpha value is -5.26. The van der Waals surface area contributed by atoms with Crippen molar-refractivity contribution in [3.8, 4) is 45.5 Å². The van der Waals surface area contributed by atoms with Gasteiger partial charge in [-0.05, 0) is 76.3 Å². The molecule has 2 aromatic heterocycles. The second kappa shape index (κ2) is 9.68. The summed E-state index contributed by atoms with van der Waals surface area (Å²) in [6.45, 7) is 0. The molecule has 2 nitrogen and oxygen atoms in total. The van der Waals surface area contributed by atoms with Crippen molar-refractivity contribution in [3.63, 3.8) is 0 Å². The molecule has 0 fully saturated rings. The van der Waals surface area contributed by atoms with Crippen LogP contribution in [-0.4, -0.2) is 0 Å². The van der Waals surface area contributed by atoms with E-state index in [2.05, 4.69) is 115 Å². The van der Waals surface area contributed by atoms with E-state index in [9.17, 15) is 10.5 Å². The Morgan fingerprint density at radius 2 is 1.02 bits per heavy atom. The van der Waals surface area contributed by atoms with Gasteiger partial charge < -0.3 is 0 Å². The number of hydrogen-bond acceptors (Lipinski definition) is 4. The minimum atomic E-state index is 0.497. The maximum absolute atomic E-state index is 10.0. The lowest BCUT2D eigenvalue weighted by Crippen LogP contribution is -1.92. The van der Waals surface area contributed by atoms with Crippen LogP contribution < -0.4 is 0 Å². The van der Waals surface area contributed by atoms with Crippen LogP contribution in [0.2, 0.25) is 0 Å². The molecule has 8 aromatic rings. The van der Waals surface area contributed by atoms with Crippen LogP contribution in [0.15, 0.2) is 121 Å². The summed E-state index contributed by atoms with van der Waals surface area (Å²) in [6, 6.07) is 46.7. The van der Waals surface area contributed by atoms with Crippen LogP contribution in [0.25, 0.3) is 73.7 Å². The van der Waals surface area contributed by atoms with Crippen LogP contribution in [0.5, 0.6) is 0 Å². The lowest BCUT2D eigenvalue weighted by molar-refractivity contribution is 1.44. The summed E-state index contributed by atoms with van der Waals surface area (Å²) >= 11 is 3.61. The summed E-state index contributed by atoms with van der Waals surface area (Å²) in [7, 11) is 0. The summed E-state index contributed by atoms with van der Waals surface area (Å²) in [5, 5.41) is 25.1. The van der Waals surface area contributed by atoms with Crippen molar-refractivity contribution >= 4 is 63.0 Å². The summed E-state index contributed by atoms with van der Waals surface area (Å²) in [6.07, 6.45) is 0. The molecular weight excluding hydrogens is 549 g/mol. The fourth-order valence-electron chi connectivity index (χ4n) is 6.02. The summed E-state index contributed by atoms with van der Waals surface area (Å²) in [4.78, 5) is 0. The predicted molar refractivity (Wildman–Crippen MR) is 178 cm³/mol. The molecule has 0 spiro atoms. The SMILES string of the molecule is N#Cc1cccc(C#N)c1-c1cc(-c2ccc3c(c2)sc2ccccc23)cc(-c2cccc3c2sc2ccccc23)c1. The number of thiophene rings is 2. The van der Waals surface area contributed by atoms with E-state index in [-0.39, 0.29) is 0 Å². The molecule has 4 heteroatoms. The Morgan fingerprint density at radius 1 is 0.429 bits per heavy atom. The standard InChI is InChI=1S/C38H20N2S2/c39-21-24-7-5-8-25(22-40)37(24)28-18-26(23-15-16-32-30-9-1-3-13-34(30)41-36(32)20-23)17-27(19-28)29-11-6-12-33-31-10-2-4-14-35(31)42-38(29)33/h1-20H. The summed E-state index contributed by atoms with van der Waals surface area (Å²) < 4.78 is 5.00. The van der Waals surface area contributed by atoms with E-state index in [0.29, 0.717) is 16.7 Å². The molecule has 0 saturated heterocycles. The second-order valence-electron chi connectivity index (χ2n) is 10.3. The highest BCUT2D eigenvalue weighted by atomic mass is 32.1. The molecular formula is C38H20N2S2. The fraction of sp³-hybridized carbons (Fsp3) is 0. The normalized spacial score (nSPS) is 11.3. The first kappa shape index (κ1) is 24.5. The van der Waals surface area contributed by atoms with Gasteiger partial charge in [0.05, 0.1) is 23.3 Å². The summed E-state index contributed by atoms with van der Waals surface area (Å²) in [5.74, 6) is 0. The van der Waals surface area contributed by atoms with Gasteiger partial charge in [-0.3, -0.25) is 0 Å². The van der Waals surface area contributed by atoms with Gasteiger partial charge in [-0.15, -0.1) is 22.7 Å². The average Bonchev–Trinajstić information content (AvgIpc) is 3.62. The van der Waals surface area contributed by atoms with E-state index in [1.165, 1.54) is 40.3 Å². The highest BCUT2D eigenvalue weighted by Crippen LogP contribution is 2.43. The Labute approximate surface area is 250 Å². The summed E-state index contributed by atoms with van der Waals surface area (Å²) in [5.41, 5.74) is 6.91. The number of benzene rings is 6. The zero-order valence-electron chi connectivity index (χ0n) is 22.3. The Morgan fingerprint density at radius 3 is 1.79 bits per heavy atom. The fourth-order valence-corrected chi connectivity index (χ4v) is 8.41. The molecule has 2 heterocycles. The van der Waals surface area contributed by atoms with Crippen LogP contribution >= 0.6 is 22.7 Å². The Kier molecular flexibility index (Phi) is 5.66. The van der Waals surface area contributed by atoms with Crippen molar-refractivity contribution in [1.82, 2.24) is 0 Å². The van der Waals surface area contributed by atoms with Crippen LogP contribution in [0.3, 0.4) is 0 Å². The molecule has 0 aliphatic rings. The minimum Gasteiger partial charge on any atom is -0.192 e. The first-order chi connectivity index (χ1) is 20.7. The molecule has 0 aliphatic heterocycles. The molecule has 8 rings (SSSR count). The van der Waals surface area contributed by atoms with Gasteiger partial charge in [0.1, 0.15) is 0 Å². The lowest BCUT2D eigenvalue weighted by atomic mass is 9.89. The maximum atomic E-state index is 10.0. The molecule has 0 radical (unpaired) electrons. The van der Waals surface area contributed by atoms with Crippen LogP contribution in [-0.2, 0) is 0 Å². The van der Waals surface area contributed by atoms with Crippen molar-refractivity contribution in [3.05, 3.63) is 132 Å². The average molecular weight is 569 g/mol. The number of hydrogen-bond donors (Lipinski definition) is 0. The molecule has 0 atom stereocenters. The zero-order chi connectivity index (χ0) is 28.2. The van der Waals surface area contributed by atoms with E-state index in [4.69, 9.17) is 0 Å². The quantitative estimate of drug-likeness (QED) is 0.213. The predicted octanol–water partition coefficient (Wildman–Crippen LogP) is 11.2. The van der Waals surface area contributed by atoms with Crippen LogP contribution in [0.1, 0.15) is 11.1 Å². The molecule has 0 saturated carbocycles. The van der Waals surface area contributed by atoms with Crippen molar-refractivity contribution in [2.24, 2.45) is 0 Å². The number of rotatable bonds is 3. The molecule has 0 aliphatic carbocycles. The topological polar surface area (TPSA) is 47.6 Å². The Bertz CT molecular complexity index is 2410. The highest BCUT2D eigenvalue weighted by Gasteiger charge is 2.17. The van der Waals surface area contributed by atoms with Crippen molar-refractivity contribution in [2.75, 3.05) is 0 Å². The number of nitrogens with zero attached hydrogens (tertiary/aromatic N) is 2. The van der Waals surface area contributed by atoms with Gasteiger partial charge in [0, 0.05) is 45.9 Å². The van der Waals surface area contributed by atoms with Crippen LogP contribution in [0.4, 0.5) is 0 Å². The third-order valence-corrected chi connectivity index (χ3v) is 10.3. The molecule has 0 amide bonds. The molecule has 0 unspecified atom stereocenters. The smallest absolute Gasteiger partial charge is 0.0998 e. The third-order valence-electron chi connectivity index (χ3n) is 7.95. The van der Waals surface area contributed by atoms with Gasteiger partial charge in [0.2, 0.25) is 0 Å². The third kappa shape index (κ3) is 3.82. The van der Waals surface area contributed by atoms with Gasteiger partial charge in [-0.1, -0.05) is 72.8 Å². The largest absolute Gasteiger partial charge is 0.192 e. The molecule has 194 valence electrons. The van der Waals surface area contributed by atoms with Gasteiger partial charge in [0.25, 0.3) is 0 Å². The minimum absolute atomic E-state index is 0.497. The molecule has 0 N–H and O–H groups in total. The zero-order valence-corrected chi connectivity index (χ0v) is 23.9. The highest BCUT2D eigenvalue weighted by molar-refractivity contribution is 7.26. The number of fused-ring (bicyclic) bond motifs is 6. The molecule has 6 aromatic carbocycles.